The van der Waals surface area contributed by atoms with E-state index in [9.17, 15) is 19.2 Å². The Morgan fingerprint density at radius 2 is 1.91 bits per heavy atom. The van der Waals surface area contributed by atoms with E-state index in [-0.39, 0.29) is 42.8 Å². The van der Waals surface area contributed by atoms with Gasteiger partial charge in [0.1, 0.15) is 5.66 Å². The molecule has 0 spiro atoms. The van der Waals surface area contributed by atoms with Crippen molar-refractivity contribution in [2.75, 3.05) is 31.1 Å². The minimum atomic E-state index is -0.756. The van der Waals surface area contributed by atoms with E-state index in [4.69, 9.17) is 4.74 Å². The molecule has 0 bridgehead atoms. The van der Waals surface area contributed by atoms with Crippen molar-refractivity contribution in [3.8, 4) is 0 Å². The highest BCUT2D eigenvalue weighted by Crippen LogP contribution is 2.43. The number of rotatable bonds is 5. The second-order valence-electron chi connectivity index (χ2n) is 8.70. The number of nitrogens with one attached hydrogen (secondary N) is 1. The molecule has 3 aliphatic heterocycles. The van der Waals surface area contributed by atoms with Gasteiger partial charge in [0.2, 0.25) is 11.8 Å². The molecule has 1 atom stereocenters. The molecule has 1 aromatic carbocycles. The first-order valence-corrected chi connectivity index (χ1v) is 11.3. The second-order valence-corrected chi connectivity index (χ2v) is 8.70. The van der Waals surface area contributed by atoms with Crippen molar-refractivity contribution >= 4 is 29.5 Å². The molecule has 9 heteroatoms. The Labute approximate surface area is 187 Å². The Hall–Kier alpha value is -3.10. The van der Waals surface area contributed by atoms with E-state index in [1.165, 1.54) is 0 Å². The van der Waals surface area contributed by atoms with Gasteiger partial charge in [0.15, 0.2) is 0 Å². The van der Waals surface area contributed by atoms with Crippen LogP contribution in [0.2, 0.25) is 0 Å². The summed E-state index contributed by atoms with van der Waals surface area (Å²) in [5, 5.41) is 3.03. The average molecular weight is 443 g/mol. The van der Waals surface area contributed by atoms with Gasteiger partial charge in [0, 0.05) is 38.5 Å². The molecular weight excluding hydrogens is 412 g/mol. The SMILES string of the molecule is CCOC(=O)N1CCC(NC(=O)CCN2C(=O)c3ccccc3N3C(=O)CCC23C)CC1. The zero-order chi connectivity index (χ0) is 22.9. The van der Waals surface area contributed by atoms with Crippen LogP contribution in [0.4, 0.5) is 10.5 Å². The molecule has 2 fully saturated rings. The van der Waals surface area contributed by atoms with Gasteiger partial charge in [0.05, 0.1) is 17.9 Å². The van der Waals surface area contributed by atoms with Crippen molar-refractivity contribution < 1.29 is 23.9 Å². The Balaban J connectivity index is 1.36. The molecule has 4 amide bonds. The summed E-state index contributed by atoms with van der Waals surface area (Å²) in [5.41, 5.74) is 0.386. The predicted octanol–water partition coefficient (Wildman–Crippen LogP) is 2.11. The lowest BCUT2D eigenvalue weighted by Gasteiger charge is -2.48. The van der Waals surface area contributed by atoms with Crippen LogP contribution in [-0.2, 0) is 14.3 Å². The van der Waals surface area contributed by atoms with Gasteiger partial charge in [-0.05, 0) is 45.2 Å². The van der Waals surface area contributed by atoms with Gasteiger partial charge in [-0.25, -0.2) is 4.79 Å². The van der Waals surface area contributed by atoms with Gasteiger partial charge in [-0.2, -0.15) is 0 Å². The molecule has 1 N–H and O–H groups in total. The summed E-state index contributed by atoms with van der Waals surface area (Å²) >= 11 is 0. The number of fused-ring (bicyclic) bond motifs is 3. The topological polar surface area (TPSA) is 99.3 Å². The lowest BCUT2D eigenvalue weighted by molar-refractivity contribution is -0.122. The molecule has 32 heavy (non-hydrogen) atoms. The van der Waals surface area contributed by atoms with Crippen LogP contribution in [0.3, 0.4) is 0 Å². The van der Waals surface area contributed by atoms with E-state index in [1.54, 1.807) is 39.8 Å². The average Bonchev–Trinajstić information content (AvgIpc) is 3.09. The Bertz CT molecular complexity index is 927. The molecule has 172 valence electrons. The van der Waals surface area contributed by atoms with Crippen LogP contribution >= 0.6 is 0 Å². The van der Waals surface area contributed by atoms with Gasteiger partial charge in [-0.3, -0.25) is 19.3 Å². The smallest absolute Gasteiger partial charge is 0.409 e. The van der Waals surface area contributed by atoms with E-state index in [2.05, 4.69) is 5.32 Å². The lowest BCUT2D eigenvalue weighted by atomic mass is 9.98. The molecule has 9 nitrogen and oxygen atoms in total. The normalized spacial score (nSPS) is 23.1. The van der Waals surface area contributed by atoms with E-state index in [0.29, 0.717) is 56.6 Å². The predicted molar refractivity (Wildman–Crippen MR) is 117 cm³/mol. The first-order chi connectivity index (χ1) is 15.3. The quantitative estimate of drug-likeness (QED) is 0.753. The van der Waals surface area contributed by atoms with Crippen LogP contribution in [0.1, 0.15) is 56.3 Å². The van der Waals surface area contributed by atoms with Crippen molar-refractivity contribution in [2.24, 2.45) is 0 Å². The number of benzene rings is 1. The maximum absolute atomic E-state index is 13.2. The molecule has 4 rings (SSSR count). The number of para-hydroxylation sites is 1. The number of ether oxygens (including phenoxy) is 1. The number of likely N-dealkylation sites (tertiary alicyclic amines) is 1. The number of hydrogen-bond acceptors (Lipinski definition) is 5. The summed E-state index contributed by atoms with van der Waals surface area (Å²) in [4.78, 5) is 55.4. The van der Waals surface area contributed by atoms with E-state index in [1.807, 2.05) is 13.0 Å². The highest BCUT2D eigenvalue weighted by molar-refractivity contribution is 6.10. The summed E-state index contributed by atoms with van der Waals surface area (Å²) in [6.45, 7) is 5.34. The van der Waals surface area contributed by atoms with E-state index >= 15 is 0 Å². The highest BCUT2D eigenvalue weighted by atomic mass is 16.6. The zero-order valence-corrected chi connectivity index (χ0v) is 18.6. The number of carbonyl (C=O) groups is 4. The van der Waals surface area contributed by atoms with Crippen molar-refractivity contribution in [2.45, 2.75) is 57.7 Å². The molecule has 1 aromatic rings. The van der Waals surface area contributed by atoms with Gasteiger partial charge in [-0.15, -0.1) is 0 Å². The number of amides is 4. The van der Waals surface area contributed by atoms with Gasteiger partial charge in [0.25, 0.3) is 5.91 Å². The summed E-state index contributed by atoms with van der Waals surface area (Å²) < 4.78 is 5.02. The fourth-order valence-corrected chi connectivity index (χ4v) is 4.98. The third kappa shape index (κ3) is 3.91. The summed E-state index contributed by atoms with van der Waals surface area (Å²) in [5.74, 6) is -0.287. The maximum atomic E-state index is 13.2. The lowest BCUT2D eigenvalue weighted by Crippen LogP contribution is -2.62. The summed E-state index contributed by atoms with van der Waals surface area (Å²) in [6.07, 6.45) is 2.09. The van der Waals surface area contributed by atoms with Crippen LogP contribution in [0, 0.1) is 0 Å². The van der Waals surface area contributed by atoms with Crippen LogP contribution < -0.4 is 10.2 Å². The molecule has 0 radical (unpaired) electrons. The Morgan fingerprint density at radius 1 is 1.19 bits per heavy atom. The number of anilines is 1. The fraction of sp³-hybridized carbons (Fsp3) is 0.565. The first kappa shape index (κ1) is 22.1. The van der Waals surface area contributed by atoms with Crippen molar-refractivity contribution in [3.63, 3.8) is 0 Å². The van der Waals surface area contributed by atoms with Crippen LogP contribution in [0.5, 0.6) is 0 Å². The Morgan fingerprint density at radius 3 is 2.62 bits per heavy atom. The number of piperidine rings is 1. The molecular formula is C23H30N4O5. The largest absolute Gasteiger partial charge is 0.450 e. The third-order valence-corrected chi connectivity index (χ3v) is 6.69. The summed E-state index contributed by atoms with van der Waals surface area (Å²) in [6, 6.07) is 7.14. The summed E-state index contributed by atoms with van der Waals surface area (Å²) in [7, 11) is 0. The molecule has 3 heterocycles. The molecule has 3 aliphatic rings. The standard InChI is InChI=1S/C23H30N4O5/c1-3-32-22(31)25-13-9-16(10-14-25)24-19(28)11-15-26-21(30)17-6-4-5-7-18(17)27-20(29)8-12-23(26,27)2/h4-7,16H,3,8-15H2,1-2H3,(H,24,28). The van der Waals surface area contributed by atoms with Crippen molar-refractivity contribution in [3.05, 3.63) is 29.8 Å². The van der Waals surface area contributed by atoms with E-state index in [0.717, 1.165) is 0 Å². The van der Waals surface area contributed by atoms with Crippen LogP contribution in [0.25, 0.3) is 0 Å². The second kappa shape index (κ2) is 8.80. The minimum absolute atomic E-state index is 0.00439. The maximum Gasteiger partial charge on any atom is 0.409 e. The van der Waals surface area contributed by atoms with Gasteiger partial charge < -0.3 is 19.9 Å². The minimum Gasteiger partial charge on any atom is -0.450 e. The van der Waals surface area contributed by atoms with Crippen molar-refractivity contribution in [1.29, 1.82) is 0 Å². The third-order valence-electron chi connectivity index (χ3n) is 6.69. The molecule has 2 saturated heterocycles. The fourth-order valence-electron chi connectivity index (χ4n) is 4.98. The first-order valence-electron chi connectivity index (χ1n) is 11.3. The van der Waals surface area contributed by atoms with Crippen LogP contribution in [-0.4, -0.2) is 71.6 Å². The Kier molecular flexibility index (Phi) is 6.08. The van der Waals surface area contributed by atoms with Crippen LogP contribution in [0.15, 0.2) is 24.3 Å². The monoisotopic (exact) mass is 442 g/mol. The number of hydrogen-bond donors (Lipinski definition) is 1. The highest BCUT2D eigenvalue weighted by Gasteiger charge is 2.52. The van der Waals surface area contributed by atoms with Crippen molar-refractivity contribution in [1.82, 2.24) is 15.1 Å². The van der Waals surface area contributed by atoms with Gasteiger partial charge in [-0.1, -0.05) is 12.1 Å². The molecule has 0 aliphatic carbocycles. The molecule has 0 aromatic heterocycles. The van der Waals surface area contributed by atoms with Gasteiger partial charge >= 0.3 is 6.09 Å². The number of nitrogens with zero attached hydrogens (tertiary/aromatic N) is 3. The number of carbonyl (C=O) groups excluding carboxylic acids is 4. The zero-order valence-electron chi connectivity index (χ0n) is 18.6. The molecule has 0 saturated carbocycles. The van der Waals surface area contributed by atoms with E-state index < -0.39 is 5.66 Å². The molecule has 1 unspecified atom stereocenters.